The van der Waals surface area contributed by atoms with Gasteiger partial charge in [-0.15, -0.1) is 0 Å². The monoisotopic (exact) mass is 399 g/mol. The minimum atomic E-state index is -0.986. The second kappa shape index (κ2) is 6.76. The van der Waals surface area contributed by atoms with Gasteiger partial charge in [0.25, 0.3) is 11.8 Å². The molecule has 2 aliphatic rings. The van der Waals surface area contributed by atoms with Crippen LogP contribution in [0.4, 0.5) is 21.8 Å². The van der Waals surface area contributed by atoms with Crippen LogP contribution in [0.2, 0.25) is 0 Å². The molecule has 1 fully saturated rings. The molecule has 2 atom stereocenters. The van der Waals surface area contributed by atoms with Crippen LogP contribution in [0.15, 0.2) is 24.4 Å². The van der Waals surface area contributed by atoms with Crippen LogP contribution in [-0.4, -0.2) is 58.0 Å². The first-order chi connectivity index (χ1) is 14.1. The van der Waals surface area contributed by atoms with Crippen LogP contribution in [0.25, 0.3) is 5.65 Å². The van der Waals surface area contributed by atoms with E-state index in [0.29, 0.717) is 54.4 Å². The molecular weight excluding hydrogens is 381 g/mol. The number of nitrogens with one attached hydrogen (secondary N) is 3. The maximum Gasteiger partial charge on any atom is 0.259 e. The number of nitrogens with zero attached hydrogens (tertiary/aromatic N) is 4. The molecule has 1 amide bonds. The Labute approximate surface area is 164 Å². The summed E-state index contributed by atoms with van der Waals surface area (Å²) in [7, 11) is 1.74. The SMILES string of the molecule is CNc1cc(Nc2ccc3c(n2)OCCO3)nc2c(C(=O)NC3C[C@H]3F)cnn12. The number of hydrogen-bond acceptors (Lipinski definition) is 8. The molecule has 10 nitrogen and oxygen atoms in total. The number of anilines is 3. The van der Waals surface area contributed by atoms with Crippen LogP contribution in [0.5, 0.6) is 11.6 Å². The number of ether oxygens (including phenoxy) is 2. The molecule has 4 heterocycles. The summed E-state index contributed by atoms with van der Waals surface area (Å²) in [5.41, 5.74) is 0.602. The molecule has 1 aliphatic heterocycles. The van der Waals surface area contributed by atoms with Crippen LogP contribution in [0.3, 0.4) is 0 Å². The molecule has 0 spiro atoms. The number of carbonyl (C=O) groups excluding carboxylic acids is 1. The summed E-state index contributed by atoms with van der Waals surface area (Å²) in [5, 5.41) is 13.0. The number of carbonyl (C=O) groups is 1. The average Bonchev–Trinajstić information content (AvgIpc) is 3.24. The van der Waals surface area contributed by atoms with Crippen molar-refractivity contribution in [1.82, 2.24) is 24.9 Å². The van der Waals surface area contributed by atoms with E-state index < -0.39 is 18.1 Å². The second-order valence-corrected chi connectivity index (χ2v) is 6.72. The Bertz CT molecular complexity index is 1100. The zero-order valence-electron chi connectivity index (χ0n) is 15.5. The van der Waals surface area contributed by atoms with E-state index in [4.69, 9.17) is 9.47 Å². The standard InChI is InChI=1S/C18H18FN7O3/c1-20-15-7-14(23-13-3-2-12-18(25-13)29-5-4-28-12)24-16-9(8-21-26(15)16)17(27)22-11-6-10(11)19/h2-3,7-8,10-11,20H,4-6H2,1H3,(H,22,27)(H,23,24,25)/t10-,11?/m1/s1. The molecule has 5 rings (SSSR count). The maximum atomic E-state index is 13.1. The summed E-state index contributed by atoms with van der Waals surface area (Å²) in [4.78, 5) is 21.4. The fourth-order valence-corrected chi connectivity index (χ4v) is 3.06. The van der Waals surface area contributed by atoms with E-state index in [-0.39, 0.29) is 5.56 Å². The van der Waals surface area contributed by atoms with Crippen molar-refractivity contribution >= 4 is 29.0 Å². The summed E-state index contributed by atoms with van der Waals surface area (Å²) >= 11 is 0. The molecule has 3 aromatic heterocycles. The van der Waals surface area contributed by atoms with Crippen molar-refractivity contribution in [2.75, 3.05) is 30.9 Å². The lowest BCUT2D eigenvalue weighted by Gasteiger charge is -2.18. The van der Waals surface area contributed by atoms with E-state index in [1.165, 1.54) is 10.7 Å². The lowest BCUT2D eigenvalue weighted by molar-refractivity contribution is 0.0949. The van der Waals surface area contributed by atoms with Gasteiger partial charge in [-0.2, -0.15) is 14.6 Å². The Morgan fingerprint density at radius 1 is 1.24 bits per heavy atom. The molecule has 11 heteroatoms. The highest BCUT2D eigenvalue weighted by Crippen LogP contribution is 2.30. The van der Waals surface area contributed by atoms with Crippen molar-refractivity contribution in [3.8, 4) is 11.6 Å². The Balaban J connectivity index is 1.47. The highest BCUT2D eigenvalue weighted by molar-refractivity contribution is 6.00. The Morgan fingerprint density at radius 3 is 2.86 bits per heavy atom. The van der Waals surface area contributed by atoms with E-state index in [1.54, 1.807) is 25.2 Å². The van der Waals surface area contributed by atoms with Crippen LogP contribution in [0, 0.1) is 0 Å². The van der Waals surface area contributed by atoms with Gasteiger partial charge >= 0.3 is 0 Å². The molecule has 0 radical (unpaired) electrons. The highest BCUT2D eigenvalue weighted by atomic mass is 19.1. The van der Waals surface area contributed by atoms with Gasteiger partial charge in [0.15, 0.2) is 11.4 Å². The Kier molecular flexibility index (Phi) is 4.07. The predicted molar refractivity (Wildman–Crippen MR) is 102 cm³/mol. The highest BCUT2D eigenvalue weighted by Gasteiger charge is 2.39. The summed E-state index contributed by atoms with van der Waals surface area (Å²) in [6.45, 7) is 0.924. The number of alkyl halides is 1. The van der Waals surface area contributed by atoms with Crippen LogP contribution in [0.1, 0.15) is 16.8 Å². The first-order valence-electron chi connectivity index (χ1n) is 9.17. The summed E-state index contributed by atoms with van der Waals surface area (Å²) in [6.07, 6.45) is 0.767. The largest absolute Gasteiger partial charge is 0.484 e. The molecule has 0 bridgehead atoms. The number of hydrogen-bond donors (Lipinski definition) is 3. The average molecular weight is 399 g/mol. The molecule has 1 saturated carbocycles. The predicted octanol–water partition coefficient (Wildman–Crippen LogP) is 1.52. The smallest absolute Gasteiger partial charge is 0.259 e. The third-order valence-corrected chi connectivity index (χ3v) is 4.66. The van der Waals surface area contributed by atoms with Gasteiger partial charge in [0.1, 0.15) is 42.4 Å². The number of pyridine rings is 1. The van der Waals surface area contributed by atoms with E-state index in [2.05, 4.69) is 31.0 Å². The van der Waals surface area contributed by atoms with Crippen LogP contribution >= 0.6 is 0 Å². The fraction of sp³-hybridized carbons (Fsp3) is 0.333. The molecule has 150 valence electrons. The number of aromatic nitrogens is 4. The first kappa shape index (κ1) is 17.5. The molecule has 0 saturated heterocycles. The number of rotatable bonds is 5. The number of fused-ring (bicyclic) bond motifs is 2. The lowest BCUT2D eigenvalue weighted by Crippen LogP contribution is -2.27. The van der Waals surface area contributed by atoms with Crippen molar-refractivity contribution in [2.45, 2.75) is 18.6 Å². The van der Waals surface area contributed by atoms with E-state index in [1.807, 2.05) is 0 Å². The van der Waals surface area contributed by atoms with Gasteiger partial charge in [-0.1, -0.05) is 0 Å². The molecule has 1 aliphatic carbocycles. The minimum Gasteiger partial charge on any atom is -0.484 e. The number of amides is 1. The third kappa shape index (κ3) is 3.24. The minimum absolute atomic E-state index is 0.263. The van der Waals surface area contributed by atoms with Gasteiger partial charge in [-0.25, -0.2) is 9.37 Å². The van der Waals surface area contributed by atoms with E-state index >= 15 is 0 Å². The molecular formula is C18H18FN7O3. The van der Waals surface area contributed by atoms with Gasteiger partial charge < -0.3 is 25.4 Å². The molecule has 0 aromatic carbocycles. The van der Waals surface area contributed by atoms with Gasteiger partial charge in [0.2, 0.25) is 0 Å². The van der Waals surface area contributed by atoms with Gasteiger partial charge in [-0.05, 0) is 12.1 Å². The Morgan fingerprint density at radius 2 is 2.07 bits per heavy atom. The molecule has 3 aromatic rings. The fourth-order valence-electron chi connectivity index (χ4n) is 3.06. The summed E-state index contributed by atoms with van der Waals surface area (Å²) in [6, 6.07) is 4.81. The number of halogens is 1. The van der Waals surface area contributed by atoms with Crippen LogP contribution < -0.4 is 25.4 Å². The van der Waals surface area contributed by atoms with Gasteiger partial charge in [0.05, 0.1) is 12.2 Å². The first-order valence-corrected chi connectivity index (χ1v) is 9.17. The van der Waals surface area contributed by atoms with Crippen molar-refractivity contribution in [3.05, 3.63) is 30.0 Å². The quantitative estimate of drug-likeness (QED) is 0.592. The topological polar surface area (TPSA) is 115 Å². The van der Waals surface area contributed by atoms with Crippen molar-refractivity contribution < 1.29 is 18.7 Å². The zero-order valence-corrected chi connectivity index (χ0v) is 15.5. The Hall–Kier alpha value is -3.63. The summed E-state index contributed by atoms with van der Waals surface area (Å²) in [5.74, 6) is 2.17. The summed E-state index contributed by atoms with van der Waals surface area (Å²) < 4.78 is 25.6. The molecule has 1 unspecified atom stereocenters. The van der Waals surface area contributed by atoms with Crippen molar-refractivity contribution in [3.63, 3.8) is 0 Å². The van der Waals surface area contributed by atoms with Gasteiger partial charge in [-0.3, -0.25) is 4.79 Å². The lowest BCUT2D eigenvalue weighted by atomic mass is 10.3. The van der Waals surface area contributed by atoms with Crippen molar-refractivity contribution in [1.29, 1.82) is 0 Å². The zero-order chi connectivity index (χ0) is 20.0. The van der Waals surface area contributed by atoms with Gasteiger partial charge in [0, 0.05) is 19.5 Å². The normalized spacial score (nSPS) is 19.7. The van der Waals surface area contributed by atoms with E-state index in [9.17, 15) is 9.18 Å². The molecule has 3 N–H and O–H groups in total. The maximum absolute atomic E-state index is 13.1. The van der Waals surface area contributed by atoms with Crippen molar-refractivity contribution in [2.24, 2.45) is 0 Å². The second-order valence-electron chi connectivity index (χ2n) is 6.72. The van der Waals surface area contributed by atoms with E-state index in [0.717, 1.165) is 0 Å². The van der Waals surface area contributed by atoms with Crippen LogP contribution in [-0.2, 0) is 0 Å². The third-order valence-electron chi connectivity index (χ3n) is 4.66. The molecule has 29 heavy (non-hydrogen) atoms.